The van der Waals surface area contributed by atoms with Crippen LogP contribution in [0.4, 0.5) is 0 Å². The molecular weight excluding hydrogens is 1470 g/mol. The second kappa shape index (κ2) is 33.8. The Morgan fingerprint density at radius 2 is 0.366 bits per heavy atom. The van der Waals surface area contributed by atoms with Crippen molar-refractivity contribution >= 4 is 91.7 Å². The number of hydrogen-bond acceptors (Lipinski definition) is 0. The average Bonchev–Trinajstić information content (AvgIpc) is 0.709. The molecule has 0 saturated carbocycles. The second-order valence-corrected chi connectivity index (χ2v) is 24.6. The molecule has 0 saturated heterocycles. The zero-order valence-electron chi connectivity index (χ0n) is 57.0. The molecule has 482 valence electrons. The van der Waals surface area contributed by atoms with Gasteiger partial charge in [-0.3, -0.25) is 0 Å². The third-order valence-corrected chi connectivity index (χ3v) is 18.5. The summed E-state index contributed by atoms with van der Waals surface area (Å²) in [5.41, 5.74) is 27.2. The Kier molecular flexibility index (Phi) is 23.0. The Hall–Kier alpha value is -10.8. The molecule has 0 N–H and O–H groups in total. The van der Waals surface area contributed by atoms with Crippen molar-refractivity contribution in [1.29, 1.82) is 1.28 Å². The maximum absolute atomic E-state index is 5.67. The maximum Gasteiger partial charge on any atom is 0 e. The molecule has 0 aliphatic heterocycles. The van der Waals surface area contributed by atoms with E-state index in [1.54, 1.807) is 9.84 Å². The first-order valence-corrected chi connectivity index (χ1v) is 33.7. The molecule has 3 heteroatoms. The fraction of sp³-hybridized carbons (Fsp3) is 0. The van der Waals surface area contributed by atoms with Gasteiger partial charge in [0.05, 0.1) is 1.28 Å². The molecule has 17 aromatic rings. The second-order valence-electron chi connectivity index (χ2n) is 24.6. The molecule has 0 nitrogen and oxygen atoms in total. The van der Waals surface area contributed by atoms with Crippen LogP contribution in [0.1, 0.15) is 33.4 Å². The molecular formula is C98H75BiPV. The van der Waals surface area contributed by atoms with Gasteiger partial charge >= 0.3 is 26.2 Å². The van der Waals surface area contributed by atoms with E-state index >= 15 is 0 Å². The minimum atomic E-state index is 0. The van der Waals surface area contributed by atoms with Gasteiger partial charge in [0, 0.05) is 18.6 Å². The van der Waals surface area contributed by atoms with Crippen LogP contribution in [0, 0.1) is 0 Å². The van der Waals surface area contributed by atoms with Crippen molar-refractivity contribution in [3.8, 4) is 77.9 Å². The zero-order valence-corrected chi connectivity index (χ0v) is 63.1. The van der Waals surface area contributed by atoms with Crippen LogP contribution in [0.25, 0.3) is 134 Å². The first-order chi connectivity index (χ1) is 49.6. The summed E-state index contributed by atoms with van der Waals surface area (Å²) in [6.45, 7) is 0. The van der Waals surface area contributed by atoms with Crippen LogP contribution in [-0.2, 0) is 18.6 Å². The summed E-state index contributed by atoms with van der Waals surface area (Å²) in [5.74, 6) is 0. The average molecular weight is 1540 g/mol. The van der Waals surface area contributed by atoms with E-state index in [1.807, 2.05) is 12.1 Å². The molecule has 101 heavy (non-hydrogen) atoms. The first-order valence-electron chi connectivity index (χ1n) is 34.3. The molecule has 0 aromatic heterocycles. The van der Waals surface area contributed by atoms with Crippen molar-refractivity contribution in [2.45, 2.75) is 0 Å². The molecule has 17 aromatic carbocycles. The van der Waals surface area contributed by atoms with Gasteiger partial charge in [-0.05, 0) is 179 Å². The summed E-state index contributed by atoms with van der Waals surface area (Å²) in [7, 11) is 1.67. The Balaban J connectivity index is 0.000000151. The largest absolute Gasteiger partial charge is 0.0622 e. The summed E-state index contributed by atoms with van der Waals surface area (Å²) in [4.78, 5) is 0. The van der Waals surface area contributed by atoms with Gasteiger partial charge < -0.3 is 0 Å². The molecule has 1 atom stereocenters. The van der Waals surface area contributed by atoms with Crippen molar-refractivity contribution < 1.29 is 18.6 Å². The van der Waals surface area contributed by atoms with E-state index in [0.29, 0.717) is 0 Å². The molecule has 0 heterocycles. The van der Waals surface area contributed by atoms with Crippen LogP contribution in [-0.4, -0.2) is 27.5 Å². The summed E-state index contributed by atoms with van der Waals surface area (Å²) in [6, 6.07) is 147. The molecule has 2 radical (unpaired) electrons. The Labute approximate surface area is 630 Å². The Bertz CT molecular complexity index is 4920. The van der Waals surface area contributed by atoms with E-state index in [1.165, 1.54) is 155 Å². The van der Waals surface area contributed by atoms with Crippen LogP contribution in [0.3, 0.4) is 0 Å². The zero-order chi connectivity index (χ0) is 67.7. The van der Waals surface area contributed by atoms with Gasteiger partial charge in [-0.15, -0.1) is 0 Å². The number of benzene rings is 17. The molecule has 0 aliphatic carbocycles. The van der Waals surface area contributed by atoms with Crippen LogP contribution in [0.5, 0.6) is 0 Å². The topological polar surface area (TPSA) is 0 Å². The third-order valence-electron chi connectivity index (χ3n) is 18.5. The van der Waals surface area contributed by atoms with Gasteiger partial charge in [-0.25, -0.2) is 0 Å². The van der Waals surface area contributed by atoms with E-state index < -0.39 is 0 Å². The maximum atomic E-state index is 5.67. The molecule has 0 spiro atoms. The minimum Gasteiger partial charge on any atom is -0.0622 e. The van der Waals surface area contributed by atoms with E-state index in [9.17, 15) is 0 Å². The third kappa shape index (κ3) is 16.1. The Morgan fingerprint density at radius 3 is 0.574 bits per heavy atom. The van der Waals surface area contributed by atoms with Crippen molar-refractivity contribution in [3.63, 3.8) is 0 Å². The molecule has 0 aliphatic rings. The smallest absolute Gasteiger partial charge is 0 e. The molecule has 0 amide bonds. The SMILES string of the molecule is C(=C(c1ccccc1)c1ccccc1)c1ccc(-c2ccc(C=C(c3ccccc3)c3ccccc3)cc2)cc1.[2H]P.[BiH2].[V].c1ccc(-c2cc(-c3ccccc3)c3ccc4c(-c5ccccc5)cc(-c5ccccc5)c5ccc2c3c54)cc1.c1ccc(-c2ccc(-c3ccccc3)cc2)cc1. The normalized spacial score (nSPS) is 10.6. The van der Waals surface area contributed by atoms with Crippen LogP contribution in [0.15, 0.2) is 413 Å². The van der Waals surface area contributed by atoms with E-state index in [4.69, 9.17) is 1.28 Å². The van der Waals surface area contributed by atoms with Gasteiger partial charge in [-0.1, -0.05) is 400 Å². The van der Waals surface area contributed by atoms with Crippen LogP contribution < -0.4 is 0 Å². The molecule has 17 rings (SSSR count). The standard InChI is InChI=1S/C40H26.C40H30.C18H14.Bi.H3P.V.2H/c1-5-13-27(14-6-1)35-25-36(28-15-7-2-8-16-28)32-23-24-34-38(30-19-11-4-12-20-30)26-37(29-17-9-3-10-18-29)33-22-21-31(35)39(32)40(33)34;1-5-13-35(14-6-1)39(36-15-7-2-8-16-36)29-31-21-25-33(26-22-31)34-27-23-32(24-28-34)30-40(37-17-9-3-10-18-37)38-19-11-4-12-20-38;1-3-7-15(8-4-1)17-11-13-18(14-12-17)16-9-5-2-6-10-16;;;;;/h1-26H;1-30H;1-14H;;1H3;;;/i;;;;1D;;;. The van der Waals surface area contributed by atoms with Crippen molar-refractivity contribution in [1.82, 2.24) is 0 Å². The van der Waals surface area contributed by atoms with Gasteiger partial charge in [0.1, 0.15) is 0 Å². The monoisotopic (exact) mass is 1540 g/mol. The summed E-state index contributed by atoms with van der Waals surface area (Å²) in [6.07, 6.45) is 4.55. The number of hydrogen-bond donors (Lipinski definition) is 0. The summed E-state index contributed by atoms with van der Waals surface area (Å²) < 4.78 is 5.67. The van der Waals surface area contributed by atoms with Gasteiger partial charge in [0.2, 0.25) is 0 Å². The predicted octanol–water partition coefficient (Wildman–Crippen LogP) is 25.9. The van der Waals surface area contributed by atoms with Gasteiger partial charge in [0.15, 0.2) is 0 Å². The Morgan fingerprint density at radius 1 is 0.198 bits per heavy atom. The van der Waals surface area contributed by atoms with E-state index in [-0.39, 0.29) is 44.8 Å². The predicted molar refractivity (Wildman–Crippen MR) is 440 cm³/mol. The van der Waals surface area contributed by atoms with E-state index in [0.717, 1.165) is 0 Å². The molecule has 1 unspecified atom stereocenters. The van der Waals surface area contributed by atoms with Gasteiger partial charge in [-0.2, -0.15) is 9.84 Å². The fourth-order valence-electron chi connectivity index (χ4n) is 13.5. The fourth-order valence-corrected chi connectivity index (χ4v) is 13.5. The minimum absolute atomic E-state index is 0. The van der Waals surface area contributed by atoms with Gasteiger partial charge in [0.25, 0.3) is 0 Å². The summed E-state index contributed by atoms with van der Waals surface area (Å²) in [5, 5.41) is 7.85. The number of rotatable bonds is 13. The van der Waals surface area contributed by atoms with Crippen molar-refractivity contribution in [3.05, 3.63) is 446 Å². The van der Waals surface area contributed by atoms with Crippen LogP contribution >= 0.6 is 9.84 Å². The van der Waals surface area contributed by atoms with Crippen molar-refractivity contribution in [2.24, 2.45) is 0 Å². The van der Waals surface area contributed by atoms with Crippen molar-refractivity contribution in [2.75, 3.05) is 0 Å². The quantitative estimate of drug-likeness (QED) is 0.0467. The van der Waals surface area contributed by atoms with Crippen LogP contribution in [0.2, 0.25) is 0 Å². The first kappa shape index (κ1) is 68.7. The molecule has 0 fully saturated rings. The molecule has 0 bridgehead atoms. The van der Waals surface area contributed by atoms with E-state index in [2.05, 4.69) is 413 Å². The summed E-state index contributed by atoms with van der Waals surface area (Å²) >= 11 is 0.